The summed E-state index contributed by atoms with van der Waals surface area (Å²) >= 11 is 12.3. The molecule has 0 fully saturated rings. The summed E-state index contributed by atoms with van der Waals surface area (Å²) in [6.07, 6.45) is 2.95. The molecular formula is C15H16Cl2N4. The first-order valence-electron chi connectivity index (χ1n) is 6.85. The second-order valence-corrected chi connectivity index (χ2v) is 5.66. The van der Waals surface area contributed by atoms with E-state index in [-0.39, 0.29) is 0 Å². The standard InChI is InChI=1S/C15H16Cl2N4/c1-3-12-10(8-20(2)19-12)9-21-13-6-4-5-11(17)15(13)18-14(21)7-16/h4-6,8H,3,7,9H2,1-2H3. The zero-order valence-electron chi connectivity index (χ0n) is 12.0. The summed E-state index contributed by atoms with van der Waals surface area (Å²) in [7, 11) is 1.94. The van der Waals surface area contributed by atoms with Gasteiger partial charge in [-0.2, -0.15) is 5.10 Å². The van der Waals surface area contributed by atoms with E-state index < -0.39 is 0 Å². The van der Waals surface area contributed by atoms with E-state index in [2.05, 4.69) is 21.6 Å². The van der Waals surface area contributed by atoms with Crippen LogP contribution < -0.4 is 0 Å². The Morgan fingerprint density at radius 2 is 2.10 bits per heavy atom. The number of aromatic nitrogens is 4. The summed E-state index contributed by atoms with van der Waals surface area (Å²) in [5.74, 6) is 1.18. The molecule has 0 amide bonds. The number of nitrogens with zero attached hydrogens (tertiary/aromatic N) is 4. The zero-order chi connectivity index (χ0) is 15.0. The van der Waals surface area contributed by atoms with Crippen molar-refractivity contribution in [3.63, 3.8) is 0 Å². The predicted octanol–water partition coefficient (Wildman–Crippen LogP) is 3.77. The van der Waals surface area contributed by atoms with Crippen molar-refractivity contribution in [1.29, 1.82) is 0 Å². The number of rotatable bonds is 4. The van der Waals surface area contributed by atoms with Gasteiger partial charge in [-0.25, -0.2) is 4.98 Å². The highest BCUT2D eigenvalue weighted by Gasteiger charge is 2.15. The largest absolute Gasteiger partial charge is 0.322 e. The number of imidazole rings is 1. The molecule has 0 aliphatic rings. The van der Waals surface area contributed by atoms with Crippen molar-refractivity contribution in [2.75, 3.05) is 0 Å². The summed E-state index contributed by atoms with van der Waals surface area (Å²) in [4.78, 5) is 4.56. The third kappa shape index (κ3) is 2.54. The molecule has 0 saturated heterocycles. The van der Waals surface area contributed by atoms with Gasteiger partial charge in [-0.3, -0.25) is 4.68 Å². The van der Waals surface area contributed by atoms with Crippen LogP contribution in [0.2, 0.25) is 5.02 Å². The number of aryl methyl sites for hydroxylation is 2. The number of halogens is 2. The van der Waals surface area contributed by atoms with Crippen LogP contribution in [0.1, 0.15) is 24.0 Å². The van der Waals surface area contributed by atoms with E-state index in [1.165, 1.54) is 5.56 Å². The minimum Gasteiger partial charge on any atom is -0.322 e. The molecule has 3 rings (SSSR count). The van der Waals surface area contributed by atoms with Gasteiger partial charge in [-0.05, 0) is 18.6 Å². The van der Waals surface area contributed by atoms with E-state index in [0.717, 1.165) is 29.0 Å². The fourth-order valence-corrected chi connectivity index (χ4v) is 3.04. The average molecular weight is 323 g/mol. The number of para-hydroxylation sites is 1. The first-order chi connectivity index (χ1) is 10.1. The number of hydrogen-bond acceptors (Lipinski definition) is 2. The van der Waals surface area contributed by atoms with Crippen molar-refractivity contribution in [1.82, 2.24) is 19.3 Å². The molecule has 3 aromatic rings. The van der Waals surface area contributed by atoms with Crippen LogP contribution in [0.4, 0.5) is 0 Å². The lowest BCUT2D eigenvalue weighted by molar-refractivity contribution is 0.746. The molecule has 0 aliphatic heterocycles. The molecule has 21 heavy (non-hydrogen) atoms. The maximum Gasteiger partial charge on any atom is 0.125 e. The van der Waals surface area contributed by atoms with Gasteiger partial charge in [-0.1, -0.05) is 24.6 Å². The molecule has 0 atom stereocenters. The van der Waals surface area contributed by atoms with Gasteiger partial charge in [0.2, 0.25) is 0 Å². The van der Waals surface area contributed by atoms with E-state index in [9.17, 15) is 0 Å². The molecule has 2 aromatic heterocycles. The van der Waals surface area contributed by atoms with Crippen LogP contribution in [0.3, 0.4) is 0 Å². The van der Waals surface area contributed by atoms with Crippen molar-refractivity contribution in [3.05, 3.63) is 46.5 Å². The number of hydrogen-bond donors (Lipinski definition) is 0. The highest BCUT2D eigenvalue weighted by Crippen LogP contribution is 2.26. The second kappa shape index (κ2) is 5.70. The molecule has 110 valence electrons. The quantitative estimate of drug-likeness (QED) is 0.685. The lowest BCUT2D eigenvalue weighted by Crippen LogP contribution is -2.05. The highest BCUT2D eigenvalue weighted by molar-refractivity contribution is 6.35. The van der Waals surface area contributed by atoms with Gasteiger partial charge in [0.1, 0.15) is 11.3 Å². The third-order valence-corrected chi connectivity index (χ3v) is 4.13. The van der Waals surface area contributed by atoms with Gasteiger partial charge in [0.05, 0.1) is 28.7 Å². The van der Waals surface area contributed by atoms with Gasteiger partial charge < -0.3 is 4.57 Å². The summed E-state index contributed by atoms with van der Waals surface area (Å²) in [6, 6.07) is 5.80. The normalized spacial score (nSPS) is 11.4. The molecule has 0 N–H and O–H groups in total. The molecule has 6 heteroatoms. The molecule has 0 bridgehead atoms. The highest BCUT2D eigenvalue weighted by atomic mass is 35.5. The topological polar surface area (TPSA) is 35.6 Å². The van der Waals surface area contributed by atoms with Crippen LogP contribution in [-0.4, -0.2) is 19.3 Å². The van der Waals surface area contributed by atoms with Crippen LogP contribution >= 0.6 is 23.2 Å². The fourth-order valence-electron chi connectivity index (χ4n) is 2.62. The van der Waals surface area contributed by atoms with Crippen LogP contribution in [0.25, 0.3) is 11.0 Å². The first-order valence-corrected chi connectivity index (χ1v) is 7.76. The lowest BCUT2D eigenvalue weighted by atomic mass is 10.2. The third-order valence-electron chi connectivity index (χ3n) is 3.58. The number of fused-ring (bicyclic) bond motifs is 1. The van der Waals surface area contributed by atoms with Crippen molar-refractivity contribution >= 4 is 34.2 Å². The Kier molecular flexibility index (Phi) is 3.91. The van der Waals surface area contributed by atoms with Gasteiger partial charge in [0.25, 0.3) is 0 Å². The van der Waals surface area contributed by atoms with Gasteiger partial charge in [0.15, 0.2) is 0 Å². The summed E-state index contributed by atoms with van der Waals surface area (Å²) < 4.78 is 3.96. The SMILES string of the molecule is CCc1nn(C)cc1Cn1c(CCl)nc2c(Cl)cccc21. The van der Waals surface area contributed by atoms with Gasteiger partial charge in [-0.15, -0.1) is 11.6 Å². The zero-order valence-corrected chi connectivity index (χ0v) is 13.5. The van der Waals surface area contributed by atoms with E-state index in [1.54, 1.807) is 0 Å². The summed E-state index contributed by atoms with van der Waals surface area (Å²) in [5, 5.41) is 5.14. The summed E-state index contributed by atoms with van der Waals surface area (Å²) in [6.45, 7) is 2.81. The minimum absolute atomic E-state index is 0.354. The summed E-state index contributed by atoms with van der Waals surface area (Å²) in [5.41, 5.74) is 4.09. The fraction of sp³-hybridized carbons (Fsp3) is 0.333. The Bertz CT molecular complexity index is 788. The molecule has 4 nitrogen and oxygen atoms in total. The van der Waals surface area contributed by atoms with E-state index >= 15 is 0 Å². The Labute approximate surface area is 133 Å². The molecular weight excluding hydrogens is 307 g/mol. The second-order valence-electron chi connectivity index (χ2n) is 4.98. The molecule has 0 unspecified atom stereocenters. The van der Waals surface area contributed by atoms with Crippen molar-refractivity contribution in [2.24, 2.45) is 7.05 Å². The Balaban J connectivity index is 2.13. The molecule has 0 radical (unpaired) electrons. The monoisotopic (exact) mass is 322 g/mol. The van der Waals surface area contributed by atoms with Crippen molar-refractivity contribution < 1.29 is 0 Å². The molecule has 1 aromatic carbocycles. The Morgan fingerprint density at radius 3 is 2.81 bits per heavy atom. The molecule has 0 aliphatic carbocycles. The van der Waals surface area contributed by atoms with Crippen LogP contribution in [-0.2, 0) is 25.9 Å². The molecule has 0 saturated carbocycles. The number of benzene rings is 1. The molecule has 2 heterocycles. The first kappa shape index (κ1) is 14.4. The average Bonchev–Trinajstić information content (AvgIpc) is 3.01. The Hall–Kier alpha value is -1.52. The van der Waals surface area contributed by atoms with Crippen LogP contribution in [0.5, 0.6) is 0 Å². The maximum absolute atomic E-state index is 6.23. The van der Waals surface area contributed by atoms with Crippen LogP contribution in [0.15, 0.2) is 24.4 Å². The van der Waals surface area contributed by atoms with E-state index in [1.807, 2.05) is 36.1 Å². The van der Waals surface area contributed by atoms with E-state index in [0.29, 0.717) is 17.4 Å². The van der Waals surface area contributed by atoms with Crippen LogP contribution in [0, 0.1) is 0 Å². The number of alkyl halides is 1. The van der Waals surface area contributed by atoms with Gasteiger partial charge >= 0.3 is 0 Å². The van der Waals surface area contributed by atoms with Crippen molar-refractivity contribution in [2.45, 2.75) is 25.8 Å². The lowest BCUT2D eigenvalue weighted by Gasteiger charge is -2.07. The predicted molar refractivity (Wildman–Crippen MR) is 86.0 cm³/mol. The Morgan fingerprint density at radius 1 is 1.29 bits per heavy atom. The van der Waals surface area contributed by atoms with Crippen molar-refractivity contribution in [3.8, 4) is 0 Å². The van der Waals surface area contributed by atoms with E-state index in [4.69, 9.17) is 23.2 Å². The maximum atomic E-state index is 6.23. The minimum atomic E-state index is 0.354. The smallest absolute Gasteiger partial charge is 0.125 e. The van der Waals surface area contributed by atoms with Gasteiger partial charge in [0, 0.05) is 18.8 Å². The molecule has 0 spiro atoms.